The Morgan fingerprint density at radius 1 is 1.35 bits per heavy atom. The van der Waals surface area contributed by atoms with Crippen LogP contribution in [0.2, 0.25) is 0 Å². The Kier molecular flexibility index (Phi) is 4.03. The van der Waals surface area contributed by atoms with Crippen LogP contribution in [0.1, 0.15) is 29.6 Å². The highest BCUT2D eigenvalue weighted by Crippen LogP contribution is 2.33. The highest BCUT2D eigenvalue weighted by atomic mass is 19.1. The Balaban J connectivity index is 1.48. The van der Waals surface area contributed by atoms with Crippen molar-refractivity contribution >= 4 is 5.91 Å². The quantitative estimate of drug-likeness (QED) is 0.848. The number of aromatic nitrogens is 1. The first-order chi connectivity index (χ1) is 11.2. The van der Waals surface area contributed by atoms with Crippen LogP contribution in [-0.2, 0) is 4.74 Å². The standard InChI is InChI=1S/C17H22FN3O2/c18-14-9-19-5-3-13(14)17(22)21-6-4-16-15(11-21)20(7-8-23-16)10-12-1-2-12/h3,5,9,12,15-16H,1-2,4,6-8,10-11H2/t15-,16-/m1/s1. The van der Waals surface area contributed by atoms with Gasteiger partial charge < -0.3 is 9.64 Å². The number of likely N-dealkylation sites (tertiary alicyclic amines) is 1. The summed E-state index contributed by atoms with van der Waals surface area (Å²) in [7, 11) is 0. The third kappa shape index (κ3) is 3.10. The van der Waals surface area contributed by atoms with Gasteiger partial charge >= 0.3 is 0 Å². The molecule has 5 nitrogen and oxygen atoms in total. The highest BCUT2D eigenvalue weighted by molar-refractivity contribution is 5.94. The normalized spacial score (nSPS) is 28.5. The van der Waals surface area contributed by atoms with E-state index in [1.807, 2.05) is 0 Å². The molecule has 3 fully saturated rings. The zero-order valence-corrected chi connectivity index (χ0v) is 13.2. The SMILES string of the molecule is O=C(c1ccncc1F)N1CC[C@H]2OCCN(CC3CC3)[C@@H]2C1. The number of rotatable bonds is 3. The zero-order valence-electron chi connectivity index (χ0n) is 13.2. The number of carbonyl (C=O) groups is 1. The van der Waals surface area contributed by atoms with Gasteiger partial charge in [-0.05, 0) is 31.2 Å². The molecule has 6 heteroatoms. The Morgan fingerprint density at radius 2 is 2.22 bits per heavy atom. The van der Waals surface area contributed by atoms with Crippen molar-refractivity contribution in [2.75, 3.05) is 32.8 Å². The lowest BCUT2D eigenvalue weighted by atomic mass is 9.97. The fraction of sp³-hybridized carbons (Fsp3) is 0.647. The van der Waals surface area contributed by atoms with Gasteiger partial charge in [-0.1, -0.05) is 0 Å². The molecular weight excluding hydrogens is 297 g/mol. The molecule has 0 spiro atoms. The molecule has 124 valence electrons. The van der Waals surface area contributed by atoms with Crippen molar-refractivity contribution in [3.05, 3.63) is 29.8 Å². The van der Waals surface area contributed by atoms with E-state index in [-0.39, 0.29) is 23.6 Å². The summed E-state index contributed by atoms with van der Waals surface area (Å²) in [5.74, 6) is 0.0344. The molecule has 23 heavy (non-hydrogen) atoms. The summed E-state index contributed by atoms with van der Waals surface area (Å²) in [6.45, 7) is 4.07. The van der Waals surface area contributed by atoms with Crippen LogP contribution in [0.15, 0.2) is 18.5 Å². The largest absolute Gasteiger partial charge is 0.375 e. The second-order valence-electron chi connectivity index (χ2n) is 6.81. The van der Waals surface area contributed by atoms with Crippen molar-refractivity contribution in [3.63, 3.8) is 0 Å². The summed E-state index contributed by atoms with van der Waals surface area (Å²) in [6, 6.07) is 1.70. The second-order valence-corrected chi connectivity index (χ2v) is 6.81. The molecule has 0 N–H and O–H groups in total. The van der Waals surface area contributed by atoms with Crippen LogP contribution in [0.3, 0.4) is 0 Å². The molecule has 1 saturated carbocycles. The van der Waals surface area contributed by atoms with Gasteiger partial charge in [-0.25, -0.2) is 4.39 Å². The number of fused-ring (bicyclic) bond motifs is 1. The summed E-state index contributed by atoms with van der Waals surface area (Å²) >= 11 is 0. The van der Waals surface area contributed by atoms with Crippen molar-refractivity contribution in [1.29, 1.82) is 0 Å². The number of morpholine rings is 1. The van der Waals surface area contributed by atoms with Crippen LogP contribution < -0.4 is 0 Å². The number of halogens is 1. The van der Waals surface area contributed by atoms with Crippen LogP contribution in [0.5, 0.6) is 0 Å². The number of ether oxygens (including phenoxy) is 1. The summed E-state index contributed by atoms with van der Waals surface area (Å²) in [5, 5.41) is 0. The third-order valence-corrected chi connectivity index (χ3v) is 5.18. The maximum Gasteiger partial charge on any atom is 0.257 e. The van der Waals surface area contributed by atoms with Crippen LogP contribution >= 0.6 is 0 Å². The Morgan fingerprint density at radius 3 is 3.00 bits per heavy atom. The fourth-order valence-corrected chi connectivity index (χ4v) is 3.70. The van der Waals surface area contributed by atoms with Gasteiger partial charge in [0.1, 0.15) is 0 Å². The maximum atomic E-state index is 13.8. The lowest BCUT2D eigenvalue weighted by Gasteiger charge is -2.47. The van der Waals surface area contributed by atoms with Crippen LogP contribution in [0.4, 0.5) is 4.39 Å². The molecule has 2 atom stereocenters. The topological polar surface area (TPSA) is 45.7 Å². The van der Waals surface area contributed by atoms with Crippen LogP contribution in [0.25, 0.3) is 0 Å². The van der Waals surface area contributed by atoms with E-state index >= 15 is 0 Å². The number of piperidine rings is 1. The van der Waals surface area contributed by atoms with Crippen molar-refractivity contribution in [2.24, 2.45) is 5.92 Å². The third-order valence-electron chi connectivity index (χ3n) is 5.18. The second kappa shape index (κ2) is 6.17. The number of hydrogen-bond acceptors (Lipinski definition) is 4. The first kappa shape index (κ1) is 15.0. The first-order valence-corrected chi connectivity index (χ1v) is 8.47. The van der Waals surface area contributed by atoms with Crippen molar-refractivity contribution in [2.45, 2.75) is 31.4 Å². The number of pyridine rings is 1. The molecule has 2 saturated heterocycles. The minimum Gasteiger partial charge on any atom is -0.375 e. The van der Waals surface area contributed by atoms with Gasteiger partial charge in [-0.3, -0.25) is 14.7 Å². The average molecular weight is 319 g/mol. The Labute approximate surface area is 135 Å². The molecule has 4 rings (SSSR count). The van der Waals surface area contributed by atoms with Gasteiger partial charge in [0.25, 0.3) is 5.91 Å². The highest BCUT2D eigenvalue weighted by Gasteiger charge is 2.40. The number of hydrogen-bond donors (Lipinski definition) is 0. The van der Waals surface area contributed by atoms with Crippen molar-refractivity contribution < 1.29 is 13.9 Å². The van der Waals surface area contributed by atoms with Gasteiger partial charge in [0.15, 0.2) is 5.82 Å². The molecule has 3 aliphatic rings. The van der Waals surface area contributed by atoms with Gasteiger partial charge in [-0.2, -0.15) is 0 Å². The van der Waals surface area contributed by atoms with E-state index in [2.05, 4.69) is 9.88 Å². The van der Waals surface area contributed by atoms with E-state index < -0.39 is 5.82 Å². The average Bonchev–Trinajstić information content (AvgIpc) is 3.39. The number of carbonyl (C=O) groups excluding carboxylic acids is 1. The first-order valence-electron chi connectivity index (χ1n) is 8.47. The monoisotopic (exact) mass is 319 g/mol. The smallest absolute Gasteiger partial charge is 0.257 e. The van der Waals surface area contributed by atoms with E-state index in [1.165, 1.54) is 25.1 Å². The molecule has 2 aliphatic heterocycles. The molecule has 1 amide bonds. The number of amides is 1. The molecule has 0 radical (unpaired) electrons. The summed E-state index contributed by atoms with van der Waals surface area (Å²) in [6.07, 6.45) is 6.23. The molecule has 0 aromatic carbocycles. The van der Waals surface area contributed by atoms with Gasteiger partial charge in [-0.15, -0.1) is 0 Å². The maximum absolute atomic E-state index is 13.8. The van der Waals surface area contributed by atoms with Gasteiger partial charge in [0.05, 0.1) is 30.5 Å². The number of nitrogens with zero attached hydrogens (tertiary/aromatic N) is 3. The van der Waals surface area contributed by atoms with E-state index in [0.717, 1.165) is 38.2 Å². The van der Waals surface area contributed by atoms with E-state index in [4.69, 9.17) is 4.74 Å². The minimum absolute atomic E-state index is 0.115. The van der Waals surface area contributed by atoms with E-state index in [9.17, 15) is 9.18 Å². The predicted molar refractivity (Wildman–Crippen MR) is 82.5 cm³/mol. The lowest BCUT2D eigenvalue weighted by molar-refractivity contribution is -0.0989. The predicted octanol–water partition coefficient (Wildman–Crippen LogP) is 1.55. The van der Waals surface area contributed by atoms with E-state index in [0.29, 0.717) is 13.1 Å². The molecule has 1 aromatic heterocycles. The van der Waals surface area contributed by atoms with Crippen molar-refractivity contribution in [3.8, 4) is 0 Å². The van der Waals surface area contributed by atoms with E-state index in [1.54, 1.807) is 4.90 Å². The molecule has 1 aromatic rings. The van der Waals surface area contributed by atoms with Gasteiger partial charge in [0, 0.05) is 32.4 Å². The Bertz CT molecular complexity index is 593. The van der Waals surface area contributed by atoms with Gasteiger partial charge in [0.2, 0.25) is 0 Å². The minimum atomic E-state index is -0.547. The van der Waals surface area contributed by atoms with Crippen LogP contribution in [0, 0.1) is 11.7 Å². The zero-order chi connectivity index (χ0) is 15.8. The fourth-order valence-electron chi connectivity index (χ4n) is 3.70. The molecule has 3 heterocycles. The lowest BCUT2D eigenvalue weighted by Crippen LogP contribution is -2.61. The molecule has 0 unspecified atom stereocenters. The molecule has 1 aliphatic carbocycles. The molecule has 0 bridgehead atoms. The summed E-state index contributed by atoms with van der Waals surface area (Å²) in [5.41, 5.74) is 0.115. The Hall–Kier alpha value is -1.53. The summed E-state index contributed by atoms with van der Waals surface area (Å²) in [4.78, 5) is 20.6. The van der Waals surface area contributed by atoms with Crippen LogP contribution in [-0.4, -0.2) is 65.6 Å². The molecular formula is C17H22FN3O2. The van der Waals surface area contributed by atoms with Crippen molar-refractivity contribution in [1.82, 2.24) is 14.8 Å². The summed E-state index contributed by atoms with van der Waals surface area (Å²) < 4.78 is 19.7.